The van der Waals surface area contributed by atoms with Crippen LogP contribution >= 0.6 is 11.6 Å². The third-order valence-electron chi connectivity index (χ3n) is 3.13. The molecule has 2 aromatic carbocycles. The molecule has 0 aliphatic heterocycles. The number of benzene rings is 2. The minimum Gasteiger partial charge on any atom is -0.494 e. The van der Waals surface area contributed by atoms with Crippen LogP contribution in [-0.4, -0.2) is 28.5 Å². The zero-order valence-corrected chi connectivity index (χ0v) is 14.3. The molecule has 2 aromatic rings. The largest absolute Gasteiger partial charge is 0.494 e. The van der Waals surface area contributed by atoms with Gasteiger partial charge in [-0.2, -0.15) is 0 Å². The normalized spacial score (nSPS) is 11.0. The number of carbonyl (C=O) groups is 1. The Hall–Kier alpha value is -2.32. The van der Waals surface area contributed by atoms with Crippen molar-refractivity contribution in [3.05, 3.63) is 52.8 Å². The summed E-state index contributed by atoms with van der Waals surface area (Å²) < 4.78 is 45.2. The fraction of sp³-hybridized carbons (Fsp3) is 0.133. The van der Waals surface area contributed by atoms with Crippen molar-refractivity contribution in [2.45, 2.75) is 4.90 Å². The first kappa shape index (κ1) is 18.0. The summed E-state index contributed by atoms with van der Waals surface area (Å²) >= 11 is 5.98. The number of amides is 1. The third-order valence-corrected chi connectivity index (χ3v) is 4.82. The maximum atomic E-state index is 13.4. The van der Waals surface area contributed by atoms with Crippen LogP contribution in [0.1, 0.15) is 10.4 Å². The number of halogens is 2. The Kier molecular flexibility index (Phi) is 5.30. The summed E-state index contributed by atoms with van der Waals surface area (Å²) in [7, 11) is -1.28. The molecule has 0 aliphatic carbocycles. The van der Waals surface area contributed by atoms with E-state index in [9.17, 15) is 17.6 Å². The zero-order valence-electron chi connectivity index (χ0n) is 12.8. The third kappa shape index (κ3) is 3.77. The van der Waals surface area contributed by atoms with E-state index in [4.69, 9.17) is 16.3 Å². The topological polar surface area (TPSA) is 84.5 Å². The minimum absolute atomic E-state index is 0.0891. The minimum atomic E-state index is -3.97. The van der Waals surface area contributed by atoms with Crippen LogP contribution in [0.4, 0.5) is 10.1 Å². The second kappa shape index (κ2) is 7.06. The van der Waals surface area contributed by atoms with E-state index in [0.29, 0.717) is 0 Å². The molecule has 2 rings (SSSR count). The van der Waals surface area contributed by atoms with Gasteiger partial charge in [0.1, 0.15) is 0 Å². The highest BCUT2D eigenvalue weighted by molar-refractivity contribution is 7.92. The van der Waals surface area contributed by atoms with E-state index in [1.165, 1.54) is 32.4 Å². The molecule has 0 radical (unpaired) electrons. The Morgan fingerprint density at radius 1 is 1.21 bits per heavy atom. The first-order valence-electron chi connectivity index (χ1n) is 6.66. The molecule has 128 valence electrons. The van der Waals surface area contributed by atoms with Gasteiger partial charge in [-0.1, -0.05) is 11.6 Å². The first-order valence-corrected chi connectivity index (χ1v) is 8.52. The summed E-state index contributed by atoms with van der Waals surface area (Å²) in [5.41, 5.74) is 0.376. The van der Waals surface area contributed by atoms with Crippen molar-refractivity contribution in [1.82, 2.24) is 5.32 Å². The maximum absolute atomic E-state index is 13.4. The van der Waals surface area contributed by atoms with Gasteiger partial charge >= 0.3 is 0 Å². The summed E-state index contributed by atoms with van der Waals surface area (Å²) in [6, 6.07) is 7.28. The van der Waals surface area contributed by atoms with E-state index in [2.05, 4.69) is 10.0 Å². The van der Waals surface area contributed by atoms with Crippen LogP contribution in [-0.2, 0) is 10.0 Å². The van der Waals surface area contributed by atoms with Crippen molar-refractivity contribution in [2.24, 2.45) is 0 Å². The predicted molar refractivity (Wildman–Crippen MR) is 88.6 cm³/mol. The molecule has 0 unspecified atom stereocenters. The molecule has 0 spiro atoms. The lowest BCUT2D eigenvalue weighted by Gasteiger charge is -2.11. The summed E-state index contributed by atoms with van der Waals surface area (Å²) in [6.07, 6.45) is 0. The lowest BCUT2D eigenvalue weighted by atomic mass is 10.2. The van der Waals surface area contributed by atoms with Crippen LogP contribution in [0.25, 0.3) is 0 Å². The Labute approximate surface area is 143 Å². The van der Waals surface area contributed by atoms with Gasteiger partial charge in [0, 0.05) is 13.1 Å². The molecule has 0 saturated heterocycles. The average molecular weight is 373 g/mol. The highest BCUT2D eigenvalue weighted by Crippen LogP contribution is 2.25. The molecule has 0 atom stereocenters. The molecule has 0 bridgehead atoms. The number of ether oxygens (including phenoxy) is 1. The lowest BCUT2D eigenvalue weighted by molar-refractivity contribution is 0.0963. The Morgan fingerprint density at radius 3 is 2.50 bits per heavy atom. The predicted octanol–water partition coefficient (Wildman–Crippen LogP) is 2.65. The van der Waals surface area contributed by atoms with Crippen LogP contribution in [0.3, 0.4) is 0 Å². The number of carbonyl (C=O) groups excluding carboxylic acids is 1. The van der Waals surface area contributed by atoms with Gasteiger partial charge in [-0.25, -0.2) is 12.8 Å². The Morgan fingerprint density at radius 2 is 1.92 bits per heavy atom. The van der Waals surface area contributed by atoms with E-state index in [-0.39, 0.29) is 26.9 Å². The van der Waals surface area contributed by atoms with Crippen molar-refractivity contribution in [3.63, 3.8) is 0 Å². The van der Waals surface area contributed by atoms with Crippen LogP contribution < -0.4 is 14.8 Å². The maximum Gasteiger partial charge on any atom is 0.262 e. The molecule has 24 heavy (non-hydrogen) atoms. The van der Waals surface area contributed by atoms with E-state index < -0.39 is 21.7 Å². The monoisotopic (exact) mass is 372 g/mol. The van der Waals surface area contributed by atoms with Gasteiger partial charge < -0.3 is 10.1 Å². The van der Waals surface area contributed by atoms with Gasteiger partial charge in [-0.05, 0) is 30.3 Å². The second-order valence-corrected chi connectivity index (χ2v) is 6.77. The molecule has 0 fully saturated rings. The number of hydrogen-bond donors (Lipinski definition) is 2. The fourth-order valence-corrected chi connectivity index (χ4v) is 3.25. The van der Waals surface area contributed by atoms with Gasteiger partial charge in [0.25, 0.3) is 15.9 Å². The standard InChI is InChI=1S/C15H14ClFN2O4S/c1-18-15(20)11-5-3-9(7-12(11)16)19-24(21,22)10-4-6-13(17)14(8-10)23-2/h3-8,19H,1-2H3,(H,18,20). The molecule has 2 N–H and O–H groups in total. The Bertz CT molecular complexity index is 887. The fourth-order valence-electron chi connectivity index (χ4n) is 1.92. The number of anilines is 1. The van der Waals surface area contributed by atoms with Crippen molar-refractivity contribution in [3.8, 4) is 5.75 Å². The van der Waals surface area contributed by atoms with Gasteiger partial charge in [0.05, 0.1) is 28.3 Å². The average Bonchev–Trinajstić information content (AvgIpc) is 2.54. The highest BCUT2D eigenvalue weighted by Gasteiger charge is 2.18. The SMILES string of the molecule is CNC(=O)c1ccc(NS(=O)(=O)c2ccc(F)c(OC)c2)cc1Cl. The van der Waals surface area contributed by atoms with Crippen LogP contribution in [0.5, 0.6) is 5.75 Å². The zero-order chi connectivity index (χ0) is 17.9. The molecule has 0 saturated carbocycles. The second-order valence-electron chi connectivity index (χ2n) is 4.68. The van der Waals surface area contributed by atoms with Crippen molar-refractivity contribution < 1.29 is 22.3 Å². The van der Waals surface area contributed by atoms with E-state index in [1.54, 1.807) is 0 Å². The van der Waals surface area contributed by atoms with Crippen LogP contribution in [0.2, 0.25) is 5.02 Å². The van der Waals surface area contributed by atoms with E-state index >= 15 is 0 Å². The van der Waals surface area contributed by atoms with Gasteiger partial charge in [0.2, 0.25) is 0 Å². The summed E-state index contributed by atoms with van der Waals surface area (Å²) in [5, 5.41) is 2.51. The first-order chi connectivity index (χ1) is 11.3. The number of hydrogen-bond acceptors (Lipinski definition) is 4. The number of sulfonamides is 1. The Balaban J connectivity index is 2.33. The van der Waals surface area contributed by atoms with Crippen LogP contribution in [0, 0.1) is 5.82 Å². The lowest BCUT2D eigenvalue weighted by Crippen LogP contribution is -2.18. The quantitative estimate of drug-likeness (QED) is 0.845. The number of nitrogens with one attached hydrogen (secondary N) is 2. The smallest absolute Gasteiger partial charge is 0.262 e. The van der Waals surface area contributed by atoms with Gasteiger partial charge in [-0.15, -0.1) is 0 Å². The molecular weight excluding hydrogens is 359 g/mol. The van der Waals surface area contributed by atoms with Crippen molar-refractivity contribution in [1.29, 1.82) is 0 Å². The van der Waals surface area contributed by atoms with Gasteiger partial charge in [-0.3, -0.25) is 9.52 Å². The van der Waals surface area contributed by atoms with Crippen molar-refractivity contribution in [2.75, 3.05) is 18.9 Å². The van der Waals surface area contributed by atoms with Crippen LogP contribution in [0.15, 0.2) is 41.3 Å². The number of methoxy groups -OCH3 is 1. The molecule has 1 amide bonds. The van der Waals surface area contributed by atoms with E-state index in [0.717, 1.165) is 18.2 Å². The molecular formula is C15H14ClFN2O4S. The van der Waals surface area contributed by atoms with Crippen molar-refractivity contribution >= 4 is 33.2 Å². The molecule has 0 aliphatic rings. The van der Waals surface area contributed by atoms with Gasteiger partial charge in [0.15, 0.2) is 11.6 Å². The summed E-state index contributed by atoms with van der Waals surface area (Å²) in [6.45, 7) is 0. The summed E-state index contributed by atoms with van der Waals surface area (Å²) in [5.74, 6) is -1.25. The molecule has 9 heteroatoms. The molecule has 6 nitrogen and oxygen atoms in total. The molecule has 0 heterocycles. The highest BCUT2D eigenvalue weighted by atomic mass is 35.5. The number of rotatable bonds is 5. The molecule has 0 aromatic heterocycles. The van der Waals surface area contributed by atoms with E-state index in [1.807, 2.05) is 0 Å². The summed E-state index contributed by atoms with van der Waals surface area (Å²) in [4.78, 5) is 11.4.